The van der Waals surface area contributed by atoms with Crippen LogP contribution in [0.2, 0.25) is 0 Å². The highest BCUT2D eigenvalue weighted by molar-refractivity contribution is 5.27. The molecule has 0 aliphatic rings. The van der Waals surface area contributed by atoms with E-state index in [2.05, 4.69) is 49.2 Å². The molecular weight excluding hydrogens is 194 g/mol. The van der Waals surface area contributed by atoms with Crippen LogP contribution in [0.4, 0.5) is 0 Å². The second kappa shape index (κ2) is 4.93. The molecule has 0 aliphatic heterocycles. The van der Waals surface area contributed by atoms with E-state index in [-0.39, 0.29) is 0 Å². The Bertz CT molecular complexity index is 446. The van der Waals surface area contributed by atoms with E-state index < -0.39 is 0 Å². The average Bonchev–Trinajstić information content (AvgIpc) is 2.30. The predicted octanol–water partition coefficient (Wildman–Crippen LogP) is 3.80. The summed E-state index contributed by atoms with van der Waals surface area (Å²) in [7, 11) is 0. The zero-order chi connectivity index (χ0) is 11.4. The van der Waals surface area contributed by atoms with E-state index >= 15 is 0 Å². The van der Waals surface area contributed by atoms with Crippen LogP contribution in [0, 0.1) is 0 Å². The summed E-state index contributed by atoms with van der Waals surface area (Å²) in [5.74, 6) is 0.545. The van der Waals surface area contributed by atoms with E-state index in [0.717, 1.165) is 6.42 Å². The van der Waals surface area contributed by atoms with Crippen LogP contribution in [-0.2, 0) is 6.42 Å². The lowest BCUT2D eigenvalue weighted by Crippen LogP contribution is -1.94. The Hall–Kier alpha value is -1.63. The first-order valence-corrected chi connectivity index (χ1v) is 5.73. The fourth-order valence-corrected chi connectivity index (χ4v) is 1.75. The number of aromatic nitrogens is 1. The quantitative estimate of drug-likeness (QED) is 0.752. The lowest BCUT2D eigenvalue weighted by Gasteiger charge is -2.07. The summed E-state index contributed by atoms with van der Waals surface area (Å²) in [5.41, 5.74) is 3.94. The van der Waals surface area contributed by atoms with Gasteiger partial charge in [-0.25, -0.2) is 0 Å². The fraction of sp³-hybridized carbons (Fsp3) is 0.267. The maximum absolute atomic E-state index is 4.30. The fourth-order valence-electron chi connectivity index (χ4n) is 1.75. The summed E-state index contributed by atoms with van der Waals surface area (Å²) in [6.45, 7) is 4.40. The summed E-state index contributed by atoms with van der Waals surface area (Å²) < 4.78 is 0. The zero-order valence-corrected chi connectivity index (χ0v) is 9.85. The van der Waals surface area contributed by atoms with Crippen LogP contribution in [0.3, 0.4) is 0 Å². The molecule has 82 valence electrons. The molecule has 1 heterocycles. The molecule has 16 heavy (non-hydrogen) atoms. The number of rotatable bonds is 3. The third-order valence-corrected chi connectivity index (χ3v) is 2.73. The molecule has 0 atom stereocenters. The Balaban J connectivity index is 2.19. The van der Waals surface area contributed by atoms with Crippen molar-refractivity contribution in [2.45, 2.75) is 26.2 Å². The largest absolute Gasteiger partial charge is 0.264 e. The summed E-state index contributed by atoms with van der Waals surface area (Å²) in [6, 6.07) is 12.8. The zero-order valence-electron chi connectivity index (χ0n) is 9.85. The predicted molar refractivity (Wildman–Crippen MR) is 67.6 cm³/mol. The van der Waals surface area contributed by atoms with Crippen molar-refractivity contribution >= 4 is 0 Å². The molecule has 1 heteroatoms. The van der Waals surface area contributed by atoms with Crippen molar-refractivity contribution in [1.29, 1.82) is 0 Å². The van der Waals surface area contributed by atoms with Gasteiger partial charge in [0.05, 0.1) is 0 Å². The van der Waals surface area contributed by atoms with Gasteiger partial charge in [0, 0.05) is 12.4 Å². The van der Waals surface area contributed by atoms with Crippen LogP contribution in [0.15, 0.2) is 48.8 Å². The van der Waals surface area contributed by atoms with E-state index in [1.165, 1.54) is 16.7 Å². The van der Waals surface area contributed by atoms with Gasteiger partial charge >= 0.3 is 0 Å². The van der Waals surface area contributed by atoms with Gasteiger partial charge in [-0.2, -0.15) is 0 Å². The van der Waals surface area contributed by atoms with Crippen molar-refractivity contribution in [2.75, 3.05) is 0 Å². The van der Waals surface area contributed by atoms with Crippen molar-refractivity contribution in [3.8, 4) is 0 Å². The molecule has 0 saturated heterocycles. The van der Waals surface area contributed by atoms with Crippen LogP contribution in [-0.4, -0.2) is 4.98 Å². The molecule has 1 aromatic heterocycles. The van der Waals surface area contributed by atoms with E-state index in [4.69, 9.17) is 0 Å². The van der Waals surface area contributed by atoms with Crippen LogP contribution < -0.4 is 0 Å². The smallest absolute Gasteiger partial charge is 0.0303 e. The molecule has 0 bridgehead atoms. The van der Waals surface area contributed by atoms with Crippen LogP contribution in [0.5, 0.6) is 0 Å². The second-order valence-corrected chi connectivity index (χ2v) is 4.44. The van der Waals surface area contributed by atoms with Crippen LogP contribution in [0.1, 0.15) is 36.5 Å². The number of benzene rings is 1. The Morgan fingerprint density at radius 2 is 1.75 bits per heavy atom. The molecule has 0 fully saturated rings. The number of nitrogens with zero attached hydrogens (tertiary/aromatic N) is 1. The topological polar surface area (TPSA) is 12.9 Å². The highest BCUT2D eigenvalue weighted by Crippen LogP contribution is 2.16. The van der Waals surface area contributed by atoms with Crippen LogP contribution in [0.25, 0.3) is 0 Å². The molecule has 0 radical (unpaired) electrons. The molecule has 0 unspecified atom stereocenters. The minimum atomic E-state index is 0.545. The highest BCUT2D eigenvalue weighted by atomic mass is 14.6. The van der Waals surface area contributed by atoms with Crippen molar-refractivity contribution < 1.29 is 0 Å². The highest BCUT2D eigenvalue weighted by Gasteiger charge is 2.01. The van der Waals surface area contributed by atoms with Gasteiger partial charge in [0.2, 0.25) is 0 Å². The average molecular weight is 211 g/mol. The van der Waals surface area contributed by atoms with E-state index in [0.29, 0.717) is 5.92 Å². The third kappa shape index (κ3) is 2.69. The molecule has 1 aromatic carbocycles. The lowest BCUT2D eigenvalue weighted by molar-refractivity contribution is 0.853. The van der Waals surface area contributed by atoms with E-state index in [1.807, 2.05) is 18.5 Å². The first kappa shape index (κ1) is 10.9. The Labute approximate surface area is 97.2 Å². The van der Waals surface area contributed by atoms with Gasteiger partial charge in [-0.3, -0.25) is 4.98 Å². The molecule has 1 nitrogen and oxygen atoms in total. The molecular formula is C15H17N. The van der Waals surface area contributed by atoms with Crippen molar-refractivity contribution in [1.82, 2.24) is 4.98 Å². The second-order valence-electron chi connectivity index (χ2n) is 4.44. The molecule has 0 N–H and O–H groups in total. The summed E-state index contributed by atoms with van der Waals surface area (Å²) in [6.07, 6.45) is 4.88. The maximum atomic E-state index is 4.30. The Morgan fingerprint density at radius 3 is 2.44 bits per heavy atom. The monoisotopic (exact) mass is 211 g/mol. The molecule has 0 saturated carbocycles. The molecule has 2 aromatic rings. The molecule has 0 amide bonds. The number of pyridine rings is 1. The van der Waals surface area contributed by atoms with Crippen molar-refractivity contribution in [3.05, 3.63) is 65.5 Å². The summed E-state index contributed by atoms with van der Waals surface area (Å²) in [5, 5.41) is 0. The maximum Gasteiger partial charge on any atom is 0.0303 e. The Morgan fingerprint density at radius 1 is 1.00 bits per heavy atom. The van der Waals surface area contributed by atoms with Gasteiger partial charge in [-0.05, 0) is 29.0 Å². The number of hydrogen-bond donors (Lipinski definition) is 0. The molecule has 2 rings (SSSR count). The van der Waals surface area contributed by atoms with E-state index in [1.54, 1.807) is 0 Å². The van der Waals surface area contributed by atoms with Crippen LogP contribution >= 0.6 is 0 Å². The minimum absolute atomic E-state index is 0.545. The minimum Gasteiger partial charge on any atom is -0.264 e. The van der Waals surface area contributed by atoms with Gasteiger partial charge in [-0.15, -0.1) is 0 Å². The third-order valence-electron chi connectivity index (χ3n) is 2.73. The first-order valence-electron chi connectivity index (χ1n) is 5.73. The standard InChI is InChI=1S/C15H17N/c1-12(2)15-9-14(10-16-11-15)8-13-6-4-3-5-7-13/h3-7,9-12H,8H2,1-2H3. The van der Waals surface area contributed by atoms with Gasteiger partial charge in [0.15, 0.2) is 0 Å². The normalized spacial score (nSPS) is 10.7. The molecule has 0 spiro atoms. The molecule has 0 aliphatic carbocycles. The summed E-state index contributed by atoms with van der Waals surface area (Å²) >= 11 is 0. The van der Waals surface area contributed by atoms with Gasteiger partial charge in [0.25, 0.3) is 0 Å². The SMILES string of the molecule is CC(C)c1cncc(Cc2ccccc2)c1. The number of hydrogen-bond acceptors (Lipinski definition) is 1. The first-order chi connectivity index (χ1) is 7.75. The van der Waals surface area contributed by atoms with Gasteiger partial charge in [-0.1, -0.05) is 50.2 Å². The van der Waals surface area contributed by atoms with Gasteiger partial charge < -0.3 is 0 Å². The summed E-state index contributed by atoms with van der Waals surface area (Å²) in [4.78, 5) is 4.30. The van der Waals surface area contributed by atoms with Crippen molar-refractivity contribution in [2.24, 2.45) is 0 Å². The van der Waals surface area contributed by atoms with E-state index in [9.17, 15) is 0 Å². The van der Waals surface area contributed by atoms with Crippen molar-refractivity contribution in [3.63, 3.8) is 0 Å². The van der Waals surface area contributed by atoms with Gasteiger partial charge in [0.1, 0.15) is 0 Å². The lowest BCUT2D eigenvalue weighted by atomic mass is 10.0. The Kier molecular flexibility index (Phi) is 3.35.